The van der Waals surface area contributed by atoms with Crippen LogP contribution < -0.4 is 17.2 Å². The monoisotopic (exact) mass is 237 g/mol. The molecule has 0 aliphatic heterocycles. The highest BCUT2D eigenvalue weighted by molar-refractivity contribution is 6.02. The number of ketones is 1. The van der Waals surface area contributed by atoms with Gasteiger partial charge in [0.05, 0.1) is 11.4 Å². The van der Waals surface area contributed by atoms with Gasteiger partial charge in [0.1, 0.15) is 0 Å². The van der Waals surface area contributed by atoms with Crippen molar-refractivity contribution in [2.45, 2.75) is 34.1 Å². The molecule has 17 heavy (non-hydrogen) atoms. The molecule has 0 unspecified atom stereocenters. The third-order valence-corrected chi connectivity index (χ3v) is 2.15. The van der Waals surface area contributed by atoms with Crippen LogP contribution in [0.4, 0.5) is 17.1 Å². The number of hydrogen-bond acceptors (Lipinski definition) is 4. The Morgan fingerprint density at radius 3 is 2.00 bits per heavy atom. The van der Waals surface area contributed by atoms with Gasteiger partial charge in [-0.3, -0.25) is 4.79 Å². The molecule has 0 bridgehead atoms. The normalized spacial score (nSPS) is 9.71. The fourth-order valence-electron chi connectivity index (χ4n) is 1.37. The van der Waals surface area contributed by atoms with Gasteiger partial charge in [0, 0.05) is 17.7 Å². The summed E-state index contributed by atoms with van der Waals surface area (Å²) in [5, 5.41) is 0. The average Bonchev–Trinajstić information content (AvgIpc) is 2.25. The summed E-state index contributed by atoms with van der Waals surface area (Å²) in [5.74, 6) is 0.310. The van der Waals surface area contributed by atoms with Crippen molar-refractivity contribution in [3.05, 3.63) is 17.7 Å². The van der Waals surface area contributed by atoms with E-state index in [1.807, 2.05) is 27.7 Å². The molecule has 1 rings (SSSR count). The highest BCUT2D eigenvalue weighted by Gasteiger charge is 2.13. The molecule has 4 heteroatoms. The van der Waals surface area contributed by atoms with Gasteiger partial charge in [-0.25, -0.2) is 0 Å². The Hall–Kier alpha value is -1.71. The topological polar surface area (TPSA) is 95.1 Å². The summed E-state index contributed by atoms with van der Waals surface area (Å²) < 4.78 is 0. The van der Waals surface area contributed by atoms with E-state index in [0.717, 1.165) is 0 Å². The minimum absolute atomic E-state index is 0.00852. The first kappa shape index (κ1) is 15.3. The second-order valence-corrected chi connectivity index (χ2v) is 4.09. The van der Waals surface area contributed by atoms with Gasteiger partial charge in [-0.05, 0) is 18.1 Å². The third-order valence-electron chi connectivity index (χ3n) is 2.15. The van der Waals surface area contributed by atoms with Crippen LogP contribution >= 0.6 is 0 Å². The summed E-state index contributed by atoms with van der Waals surface area (Å²) in [6, 6.07) is 3.08. The lowest BCUT2D eigenvalue weighted by Crippen LogP contribution is -2.09. The highest BCUT2D eigenvalue weighted by atomic mass is 16.1. The van der Waals surface area contributed by atoms with E-state index in [-0.39, 0.29) is 5.78 Å². The summed E-state index contributed by atoms with van der Waals surface area (Å²) >= 11 is 0. The number of Topliss-reactive ketones (excluding diaryl/α,β-unsaturated/α-hetero) is 1. The molecule has 0 aliphatic rings. The van der Waals surface area contributed by atoms with Gasteiger partial charge < -0.3 is 17.2 Å². The van der Waals surface area contributed by atoms with Crippen molar-refractivity contribution in [1.82, 2.24) is 0 Å². The molecule has 96 valence electrons. The van der Waals surface area contributed by atoms with Gasteiger partial charge in [-0.1, -0.05) is 27.7 Å². The number of nitrogen functional groups attached to an aromatic ring is 3. The zero-order valence-corrected chi connectivity index (χ0v) is 11.1. The zero-order chi connectivity index (χ0) is 13.6. The maximum absolute atomic E-state index is 11.8. The van der Waals surface area contributed by atoms with Gasteiger partial charge in [-0.15, -0.1) is 0 Å². The minimum Gasteiger partial charge on any atom is -0.398 e. The molecule has 0 aromatic heterocycles. The number of carbonyl (C=O) groups is 1. The zero-order valence-electron chi connectivity index (χ0n) is 11.1. The summed E-state index contributed by atoms with van der Waals surface area (Å²) in [4.78, 5) is 11.8. The smallest absolute Gasteiger partial charge is 0.165 e. The molecule has 0 radical (unpaired) electrons. The predicted molar refractivity (Wildman–Crippen MR) is 74.8 cm³/mol. The van der Waals surface area contributed by atoms with Crippen LogP contribution in [-0.2, 0) is 0 Å². The second kappa shape index (κ2) is 6.78. The van der Waals surface area contributed by atoms with Crippen LogP contribution in [0, 0.1) is 5.92 Å². The number of anilines is 3. The van der Waals surface area contributed by atoms with E-state index in [4.69, 9.17) is 17.2 Å². The number of benzene rings is 1. The van der Waals surface area contributed by atoms with Crippen LogP contribution in [0.5, 0.6) is 0 Å². The Kier molecular flexibility index (Phi) is 6.10. The van der Waals surface area contributed by atoms with Crippen LogP contribution in [0.3, 0.4) is 0 Å². The van der Waals surface area contributed by atoms with Crippen molar-refractivity contribution < 1.29 is 4.79 Å². The highest BCUT2D eigenvalue weighted by Crippen LogP contribution is 2.24. The van der Waals surface area contributed by atoms with Crippen molar-refractivity contribution >= 4 is 22.8 Å². The maximum atomic E-state index is 11.8. The molecule has 0 fully saturated rings. The van der Waals surface area contributed by atoms with E-state index in [1.54, 1.807) is 6.07 Å². The molecular formula is C13H23N3O. The van der Waals surface area contributed by atoms with Crippen molar-refractivity contribution in [3.63, 3.8) is 0 Å². The molecule has 0 saturated heterocycles. The molecule has 0 aliphatic carbocycles. The van der Waals surface area contributed by atoms with Gasteiger partial charge in [0.15, 0.2) is 5.78 Å². The first-order valence-corrected chi connectivity index (χ1v) is 5.89. The second-order valence-electron chi connectivity index (χ2n) is 4.09. The molecule has 6 N–H and O–H groups in total. The van der Waals surface area contributed by atoms with Crippen molar-refractivity contribution in [3.8, 4) is 0 Å². The van der Waals surface area contributed by atoms with E-state index in [1.165, 1.54) is 6.07 Å². The fraction of sp³-hybridized carbons (Fsp3) is 0.462. The van der Waals surface area contributed by atoms with Crippen LogP contribution in [-0.4, -0.2) is 5.78 Å². The van der Waals surface area contributed by atoms with Crippen molar-refractivity contribution in [2.24, 2.45) is 5.92 Å². The maximum Gasteiger partial charge on any atom is 0.165 e. The van der Waals surface area contributed by atoms with Crippen molar-refractivity contribution in [2.75, 3.05) is 17.2 Å². The molecule has 0 atom stereocenters. The van der Waals surface area contributed by atoms with Crippen LogP contribution in [0.25, 0.3) is 0 Å². The summed E-state index contributed by atoms with van der Waals surface area (Å²) in [7, 11) is 0. The Labute approximate surface area is 103 Å². The van der Waals surface area contributed by atoms with Crippen LogP contribution in [0.2, 0.25) is 0 Å². The lowest BCUT2D eigenvalue weighted by Gasteiger charge is -2.09. The lowest BCUT2D eigenvalue weighted by molar-refractivity contribution is 0.0969. The molecule has 0 amide bonds. The SMILES string of the molecule is CC.CC(C)CC(=O)c1cc(N)c(N)cc1N. The summed E-state index contributed by atoms with van der Waals surface area (Å²) in [5.41, 5.74) is 18.6. The molecule has 1 aromatic rings. The van der Waals surface area contributed by atoms with Crippen molar-refractivity contribution in [1.29, 1.82) is 0 Å². The Balaban J connectivity index is 0.00000121. The van der Waals surface area contributed by atoms with Gasteiger partial charge in [0.2, 0.25) is 0 Å². The van der Waals surface area contributed by atoms with E-state index >= 15 is 0 Å². The molecular weight excluding hydrogens is 214 g/mol. The summed E-state index contributed by atoms with van der Waals surface area (Å²) in [6.45, 7) is 7.96. The fourth-order valence-corrected chi connectivity index (χ4v) is 1.37. The number of rotatable bonds is 3. The van der Waals surface area contributed by atoms with E-state index in [2.05, 4.69) is 0 Å². The predicted octanol–water partition coefficient (Wildman–Crippen LogP) is 2.69. The molecule has 1 aromatic carbocycles. The third kappa shape index (κ3) is 4.34. The average molecular weight is 237 g/mol. The number of carbonyl (C=O) groups excluding carboxylic acids is 1. The molecule has 4 nitrogen and oxygen atoms in total. The van der Waals surface area contributed by atoms with E-state index < -0.39 is 0 Å². The first-order valence-electron chi connectivity index (χ1n) is 5.89. The van der Waals surface area contributed by atoms with Gasteiger partial charge in [-0.2, -0.15) is 0 Å². The Morgan fingerprint density at radius 1 is 1.06 bits per heavy atom. The van der Waals surface area contributed by atoms with Crippen LogP contribution in [0.1, 0.15) is 44.5 Å². The quantitative estimate of drug-likeness (QED) is 0.556. The molecule has 0 saturated carbocycles. The van der Waals surface area contributed by atoms with E-state index in [9.17, 15) is 4.79 Å². The van der Waals surface area contributed by atoms with Crippen LogP contribution in [0.15, 0.2) is 12.1 Å². The Bertz CT molecular complexity index is 386. The molecule has 0 heterocycles. The number of hydrogen-bond donors (Lipinski definition) is 3. The number of nitrogens with two attached hydrogens (primary N) is 3. The standard InChI is InChI=1S/C11H17N3O.C2H6/c1-6(2)3-11(15)7-4-9(13)10(14)5-8(7)12;1-2/h4-6H,3,12-14H2,1-2H3;1-2H3. The largest absolute Gasteiger partial charge is 0.398 e. The van der Waals surface area contributed by atoms with E-state index in [0.29, 0.717) is 35.0 Å². The summed E-state index contributed by atoms with van der Waals surface area (Å²) in [6.07, 6.45) is 0.466. The van der Waals surface area contributed by atoms with Gasteiger partial charge >= 0.3 is 0 Å². The minimum atomic E-state index is 0.00852. The lowest BCUT2D eigenvalue weighted by atomic mass is 9.99. The molecule has 0 spiro atoms. The Morgan fingerprint density at radius 2 is 1.53 bits per heavy atom. The first-order chi connectivity index (χ1) is 7.91. The van der Waals surface area contributed by atoms with Gasteiger partial charge in [0.25, 0.3) is 0 Å².